The molecule has 3 saturated heterocycles. The normalized spacial score (nSPS) is 24.1. The molecule has 0 bridgehead atoms. The second-order valence-electron chi connectivity index (χ2n) is 18.5. The summed E-state index contributed by atoms with van der Waals surface area (Å²) in [6.07, 6.45) is 4.99. The number of aromatic nitrogens is 5. The van der Waals surface area contributed by atoms with Crippen LogP contribution < -0.4 is 31.1 Å². The highest BCUT2D eigenvalue weighted by Gasteiger charge is 2.51. The Bertz CT molecular complexity index is 2830. The van der Waals surface area contributed by atoms with Crippen molar-refractivity contribution in [2.24, 2.45) is 31.8 Å². The van der Waals surface area contributed by atoms with Crippen molar-refractivity contribution < 1.29 is 36.3 Å². The van der Waals surface area contributed by atoms with E-state index in [2.05, 4.69) is 37.9 Å². The number of nitrogens with zero attached hydrogens (tertiary/aromatic N) is 7. The third-order valence-corrected chi connectivity index (χ3v) is 14.5. The van der Waals surface area contributed by atoms with Gasteiger partial charge in [-0.05, 0) is 87.4 Å². The van der Waals surface area contributed by atoms with E-state index >= 15 is 22.0 Å². The van der Waals surface area contributed by atoms with Crippen LogP contribution in [0.2, 0.25) is 5.02 Å². The number of hydrogen-bond acceptors (Lipinski definition) is 11. The molecule has 3 N–H and O–H groups in total. The number of nitrogens with one attached hydrogen (secondary N) is 3. The highest BCUT2D eigenvalue weighted by Crippen LogP contribution is 2.46. The first-order chi connectivity index (χ1) is 31.1. The fourth-order valence-electron chi connectivity index (χ4n) is 10.4. The maximum atomic E-state index is 16.2. The van der Waals surface area contributed by atoms with Gasteiger partial charge < -0.3 is 29.7 Å². The third-order valence-electron chi connectivity index (χ3n) is 14.2. The van der Waals surface area contributed by atoms with Gasteiger partial charge in [0, 0.05) is 62.6 Å². The van der Waals surface area contributed by atoms with Crippen molar-refractivity contribution in [1.29, 1.82) is 0 Å². The van der Waals surface area contributed by atoms with Crippen molar-refractivity contribution in [2.45, 2.75) is 75.7 Å². The molecular formula is C45H48ClF5N10O4. The molecule has 5 aromatic rings. The molecule has 344 valence electrons. The van der Waals surface area contributed by atoms with Gasteiger partial charge in [0.2, 0.25) is 23.5 Å². The van der Waals surface area contributed by atoms with Gasteiger partial charge >= 0.3 is 5.92 Å². The van der Waals surface area contributed by atoms with Crippen molar-refractivity contribution in [3.8, 4) is 5.75 Å². The Hall–Kier alpha value is -5.56. The van der Waals surface area contributed by atoms with Crippen LogP contribution in [0.1, 0.15) is 75.0 Å². The van der Waals surface area contributed by atoms with Crippen molar-refractivity contribution in [1.82, 2.24) is 34.5 Å². The van der Waals surface area contributed by atoms with Gasteiger partial charge in [0.15, 0.2) is 18.2 Å². The molecule has 5 aliphatic rings. The Morgan fingerprint density at radius 1 is 0.969 bits per heavy atom. The first-order valence-electron chi connectivity index (χ1n) is 22.1. The number of piperidine rings is 3. The fourth-order valence-corrected chi connectivity index (χ4v) is 10.5. The lowest BCUT2D eigenvalue weighted by atomic mass is 9.84. The van der Waals surface area contributed by atoms with Crippen LogP contribution in [-0.4, -0.2) is 92.3 Å². The molecule has 2 amide bonds. The summed E-state index contributed by atoms with van der Waals surface area (Å²) in [5, 5.41) is 13.3. The number of carbonyl (C=O) groups excluding carboxylic acids is 2. The van der Waals surface area contributed by atoms with E-state index in [0.29, 0.717) is 69.1 Å². The summed E-state index contributed by atoms with van der Waals surface area (Å²) >= 11 is 6.57. The van der Waals surface area contributed by atoms with E-state index < -0.39 is 53.4 Å². The standard InChI is InChI=1S/C45H48ClF5N10O4/c1-21-18-61(13-10-24(21)19-60-11-8-22(9-12-60)34-30(48)14-27-36(57-59(3)38(27)35(34)49)25-6-7-33(62)54-42(25)63)44-52-17-28(46)41(56-44)53-31-15-26-32(16-29(31)47)58(2)43(64)39-37(26)55-40(23-4-5-23)45(50,51)20-65-39/h14-17,21-25,40,55H,4-13,18-20H2,1-3H3,(H,52,53,56)(H,54,62,63)/t21-,24-,25?,40+/m1/s1. The average Bonchev–Trinajstić information content (AvgIpc) is 4.07. The molecule has 20 heteroatoms. The summed E-state index contributed by atoms with van der Waals surface area (Å²) in [5.74, 6) is -6.72. The number of ether oxygens (including phenoxy) is 1. The van der Waals surface area contributed by atoms with Crippen LogP contribution in [0.5, 0.6) is 5.75 Å². The number of amides is 2. The van der Waals surface area contributed by atoms with E-state index in [1.54, 1.807) is 7.05 Å². The molecule has 3 aromatic heterocycles. The molecule has 1 aliphatic carbocycles. The number of anilines is 4. The summed E-state index contributed by atoms with van der Waals surface area (Å²) < 4.78 is 86.3. The molecule has 7 heterocycles. The summed E-state index contributed by atoms with van der Waals surface area (Å²) in [7, 11) is 3.01. The van der Waals surface area contributed by atoms with Gasteiger partial charge in [-0.2, -0.15) is 10.1 Å². The SMILES string of the molecule is C[C@@H]1CN(c2ncc(Cl)c(Nc3cc4c5c(c(=O)n(C)c4cc3F)OCC(F)(F)[C@H](C3CC3)N5)n2)CC[C@@H]1CN1CCC(c2c(F)cc3c(C4CCC(=O)NC4=O)nn(C)c3c2F)CC1. The van der Waals surface area contributed by atoms with Gasteiger partial charge in [-0.1, -0.05) is 18.5 Å². The summed E-state index contributed by atoms with van der Waals surface area (Å²) in [6.45, 7) is 4.62. The van der Waals surface area contributed by atoms with Crippen molar-refractivity contribution in [2.75, 3.05) is 54.9 Å². The monoisotopic (exact) mass is 922 g/mol. The summed E-state index contributed by atoms with van der Waals surface area (Å²) in [5.41, 5.74) is 0.0337. The fraction of sp³-hybridized carbons (Fsp3) is 0.511. The first-order valence-corrected chi connectivity index (χ1v) is 22.5. The van der Waals surface area contributed by atoms with Gasteiger partial charge in [0.05, 0.1) is 40.7 Å². The van der Waals surface area contributed by atoms with Crippen molar-refractivity contribution >= 4 is 68.4 Å². The molecule has 4 aliphatic heterocycles. The zero-order chi connectivity index (χ0) is 45.6. The molecule has 0 spiro atoms. The first kappa shape index (κ1) is 43.3. The van der Waals surface area contributed by atoms with Crippen LogP contribution in [0.4, 0.5) is 45.1 Å². The Morgan fingerprint density at radius 2 is 1.74 bits per heavy atom. The molecule has 1 saturated carbocycles. The number of fused-ring (bicyclic) bond motifs is 4. The van der Waals surface area contributed by atoms with Crippen LogP contribution in [0.3, 0.4) is 0 Å². The molecule has 1 unspecified atom stereocenters. The lowest BCUT2D eigenvalue weighted by Gasteiger charge is -2.41. The van der Waals surface area contributed by atoms with Crippen LogP contribution in [0, 0.1) is 35.2 Å². The van der Waals surface area contributed by atoms with E-state index in [0.717, 1.165) is 13.0 Å². The Labute approximate surface area is 374 Å². The number of likely N-dealkylation sites (tertiary alicyclic amines) is 1. The second-order valence-corrected chi connectivity index (χ2v) is 18.9. The molecular weight excluding hydrogens is 875 g/mol. The summed E-state index contributed by atoms with van der Waals surface area (Å²) in [6, 6.07) is 2.64. The maximum Gasteiger partial charge on any atom is 0.301 e. The third kappa shape index (κ3) is 7.80. The number of rotatable bonds is 8. The number of aryl methyl sites for hydroxylation is 2. The molecule has 10 rings (SSSR count). The van der Waals surface area contributed by atoms with Crippen LogP contribution >= 0.6 is 11.6 Å². The zero-order valence-corrected chi connectivity index (χ0v) is 36.8. The van der Waals surface area contributed by atoms with Gasteiger partial charge in [0.1, 0.15) is 22.2 Å². The van der Waals surface area contributed by atoms with Crippen molar-refractivity contribution in [3.63, 3.8) is 0 Å². The Balaban J connectivity index is 0.801. The molecule has 14 nitrogen and oxygen atoms in total. The molecule has 0 radical (unpaired) electrons. The average molecular weight is 923 g/mol. The molecule has 2 aromatic carbocycles. The molecule has 4 atom stereocenters. The predicted octanol–water partition coefficient (Wildman–Crippen LogP) is 7.11. The van der Waals surface area contributed by atoms with Gasteiger partial charge in [-0.3, -0.25) is 24.4 Å². The molecule has 65 heavy (non-hydrogen) atoms. The van der Waals surface area contributed by atoms with Gasteiger partial charge in [0.25, 0.3) is 5.56 Å². The number of alkyl halides is 2. The minimum absolute atomic E-state index is 0.0385. The smallest absolute Gasteiger partial charge is 0.301 e. The van der Waals surface area contributed by atoms with Crippen molar-refractivity contribution in [3.05, 3.63) is 68.5 Å². The van der Waals surface area contributed by atoms with E-state index in [4.69, 9.17) is 21.3 Å². The number of pyridine rings is 1. The minimum atomic E-state index is -3.23. The lowest BCUT2D eigenvalue weighted by Crippen LogP contribution is -2.45. The summed E-state index contributed by atoms with van der Waals surface area (Å²) in [4.78, 5) is 51.2. The number of carbonyl (C=O) groups is 2. The Morgan fingerprint density at radius 3 is 2.46 bits per heavy atom. The Kier molecular flexibility index (Phi) is 10.9. The second kappa shape index (κ2) is 16.4. The van der Waals surface area contributed by atoms with Crippen LogP contribution in [0.25, 0.3) is 21.8 Å². The number of benzene rings is 2. The predicted molar refractivity (Wildman–Crippen MR) is 234 cm³/mol. The largest absolute Gasteiger partial charge is 0.480 e. The van der Waals surface area contributed by atoms with E-state index in [1.807, 2.05) is 4.90 Å². The van der Waals surface area contributed by atoms with E-state index in [1.165, 1.54) is 40.7 Å². The highest BCUT2D eigenvalue weighted by atomic mass is 35.5. The van der Waals surface area contributed by atoms with Gasteiger partial charge in [-0.25, -0.2) is 26.9 Å². The topological polar surface area (TPSA) is 152 Å². The van der Waals surface area contributed by atoms with E-state index in [9.17, 15) is 14.4 Å². The van der Waals surface area contributed by atoms with Crippen LogP contribution in [0.15, 0.2) is 29.2 Å². The highest BCUT2D eigenvalue weighted by molar-refractivity contribution is 6.33. The minimum Gasteiger partial charge on any atom is -0.480 e. The molecule has 4 fully saturated rings. The van der Waals surface area contributed by atoms with Crippen LogP contribution in [-0.2, 0) is 23.7 Å². The number of imide groups is 1. The zero-order valence-electron chi connectivity index (χ0n) is 36.0. The maximum absolute atomic E-state index is 16.2. The van der Waals surface area contributed by atoms with E-state index in [-0.39, 0.29) is 92.1 Å². The lowest BCUT2D eigenvalue weighted by molar-refractivity contribution is -0.134. The number of hydrogen-bond donors (Lipinski definition) is 3. The number of halogens is 6. The quantitative estimate of drug-likeness (QED) is 0.108. The van der Waals surface area contributed by atoms with Gasteiger partial charge in [-0.15, -0.1) is 0 Å².